The number of hydrogen-bond acceptors (Lipinski definition) is 5. The first-order valence-corrected chi connectivity index (χ1v) is 8.16. The summed E-state index contributed by atoms with van der Waals surface area (Å²) < 4.78 is 10.0. The van der Waals surface area contributed by atoms with Gasteiger partial charge in [0.15, 0.2) is 6.61 Å². The second kappa shape index (κ2) is 8.80. The lowest BCUT2D eigenvalue weighted by atomic mass is 10.0. The van der Waals surface area contributed by atoms with Crippen molar-refractivity contribution in [2.45, 2.75) is 19.8 Å². The lowest BCUT2D eigenvalue weighted by Crippen LogP contribution is -2.34. The number of hydrogen-bond donors (Lipinski definition) is 1. The Morgan fingerprint density at radius 2 is 1.65 bits per heavy atom. The molecule has 6 nitrogen and oxygen atoms in total. The van der Waals surface area contributed by atoms with Crippen LogP contribution in [0, 0.1) is 0 Å². The Labute approximate surface area is 152 Å². The molecule has 26 heavy (non-hydrogen) atoms. The van der Waals surface area contributed by atoms with Crippen LogP contribution in [0.4, 0.5) is 0 Å². The molecule has 0 saturated heterocycles. The van der Waals surface area contributed by atoms with Gasteiger partial charge in [0.25, 0.3) is 11.8 Å². The van der Waals surface area contributed by atoms with Crippen LogP contribution in [0.15, 0.2) is 48.5 Å². The zero-order valence-corrected chi connectivity index (χ0v) is 14.9. The zero-order chi connectivity index (χ0) is 19.1. The minimum Gasteiger partial charge on any atom is -0.496 e. The number of imide groups is 1. The van der Waals surface area contributed by atoms with Gasteiger partial charge in [-0.25, -0.2) is 4.79 Å². The van der Waals surface area contributed by atoms with Gasteiger partial charge in [0.05, 0.1) is 18.2 Å². The van der Waals surface area contributed by atoms with E-state index in [9.17, 15) is 14.4 Å². The van der Waals surface area contributed by atoms with Gasteiger partial charge in [-0.1, -0.05) is 38.1 Å². The molecule has 136 valence electrons. The molecule has 0 spiro atoms. The number of rotatable bonds is 6. The van der Waals surface area contributed by atoms with Crippen LogP contribution in [-0.4, -0.2) is 31.5 Å². The molecular formula is C20H21NO5. The third-order valence-electron chi connectivity index (χ3n) is 3.75. The van der Waals surface area contributed by atoms with E-state index in [1.165, 1.54) is 13.2 Å². The summed E-state index contributed by atoms with van der Waals surface area (Å²) in [6.45, 7) is 3.55. The fourth-order valence-corrected chi connectivity index (χ4v) is 2.28. The van der Waals surface area contributed by atoms with E-state index in [4.69, 9.17) is 9.47 Å². The maximum atomic E-state index is 12.1. The van der Waals surface area contributed by atoms with Crippen molar-refractivity contribution >= 4 is 17.8 Å². The summed E-state index contributed by atoms with van der Waals surface area (Å²) in [5.74, 6) is -1.26. The first-order valence-electron chi connectivity index (χ1n) is 8.16. The zero-order valence-electron chi connectivity index (χ0n) is 14.9. The van der Waals surface area contributed by atoms with Gasteiger partial charge in [0.2, 0.25) is 0 Å². The van der Waals surface area contributed by atoms with Crippen LogP contribution >= 0.6 is 0 Å². The van der Waals surface area contributed by atoms with E-state index in [2.05, 4.69) is 19.2 Å². The average molecular weight is 355 g/mol. The van der Waals surface area contributed by atoms with Crippen molar-refractivity contribution in [2.75, 3.05) is 13.7 Å². The Morgan fingerprint density at radius 3 is 2.27 bits per heavy atom. The quantitative estimate of drug-likeness (QED) is 0.806. The Morgan fingerprint density at radius 1 is 1.00 bits per heavy atom. The molecule has 0 aromatic heterocycles. The van der Waals surface area contributed by atoms with Crippen molar-refractivity contribution in [3.05, 3.63) is 65.2 Å². The normalized spacial score (nSPS) is 10.3. The number of ether oxygens (including phenoxy) is 2. The summed E-state index contributed by atoms with van der Waals surface area (Å²) in [7, 11) is 1.43. The number of carbonyl (C=O) groups is 3. The molecule has 0 fully saturated rings. The van der Waals surface area contributed by atoms with E-state index >= 15 is 0 Å². The standard InChI is InChI=1S/C20H21NO5/c1-13(2)14-8-10-15(11-9-14)20(24)26-12-18(22)21-19(23)16-6-4-5-7-17(16)25-3/h4-11,13H,12H2,1-3H3,(H,21,22,23). The smallest absolute Gasteiger partial charge is 0.338 e. The van der Waals surface area contributed by atoms with Crippen molar-refractivity contribution in [1.29, 1.82) is 0 Å². The molecule has 0 aliphatic rings. The molecular weight excluding hydrogens is 334 g/mol. The molecule has 0 heterocycles. The number of carbonyl (C=O) groups excluding carboxylic acids is 3. The van der Waals surface area contributed by atoms with Crippen LogP contribution < -0.4 is 10.1 Å². The molecule has 0 radical (unpaired) electrons. The predicted octanol–water partition coefficient (Wildman–Crippen LogP) is 2.93. The monoisotopic (exact) mass is 355 g/mol. The van der Waals surface area contributed by atoms with Crippen molar-refractivity contribution in [3.8, 4) is 5.75 Å². The van der Waals surface area contributed by atoms with E-state index in [1.54, 1.807) is 30.3 Å². The summed E-state index contributed by atoms with van der Waals surface area (Å²) in [5.41, 5.74) is 1.67. The predicted molar refractivity (Wildman–Crippen MR) is 96.3 cm³/mol. The van der Waals surface area contributed by atoms with Gasteiger partial charge < -0.3 is 9.47 Å². The maximum Gasteiger partial charge on any atom is 0.338 e. The Kier molecular flexibility index (Phi) is 6.49. The molecule has 0 bridgehead atoms. The van der Waals surface area contributed by atoms with Crippen LogP contribution in [0.5, 0.6) is 5.75 Å². The number of benzene rings is 2. The van der Waals surface area contributed by atoms with E-state index in [1.807, 2.05) is 12.1 Å². The molecule has 0 unspecified atom stereocenters. The van der Waals surface area contributed by atoms with Crippen LogP contribution in [0.2, 0.25) is 0 Å². The van der Waals surface area contributed by atoms with Gasteiger partial charge >= 0.3 is 5.97 Å². The molecule has 2 aromatic carbocycles. The van der Waals surface area contributed by atoms with Crippen LogP contribution in [0.3, 0.4) is 0 Å². The lowest BCUT2D eigenvalue weighted by molar-refractivity contribution is -0.123. The minimum atomic E-state index is -0.715. The minimum absolute atomic E-state index is 0.221. The van der Waals surface area contributed by atoms with Crippen molar-refractivity contribution in [1.82, 2.24) is 5.32 Å². The number of esters is 1. The molecule has 0 atom stereocenters. The Bertz CT molecular complexity index is 796. The van der Waals surface area contributed by atoms with Gasteiger partial charge in [0.1, 0.15) is 5.75 Å². The van der Waals surface area contributed by atoms with Crippen LogP contribution in [-0.2, 0) is 9.53 Å². The van der Waals surface area contributed by atoms with Gasteiger partial charge in [-0.15, -0.1) is 0 Å². The highest BCUT2D eigenvalue weighted by molar-refractivity contribution is 6.07. The van der Waals surface area contributed by atoms with Gasteiger partial charge in [-0.3, -0.25) is 14.9 Å². The number of amides is 2. The SMILES string of the molecule is COc1ccccc1C(=O)NC(=O)COC(=O)c1ccc(C(C)C)cc1. The molecule has 2 aromatic rings. The third-order valence-corrected chi connectivity index (χ3v) is 3.75. The van der Waals surface area contributed by atoms with Gasteiger partial charge in [-0.2, -0.15) is 0 Å². The number of nitrogens with one attached hydrogen (secondary N) is 1. The molecule has 1 N–H and O–H groups in total. The van der Waals surface area contributed by atoms with Crippen molar-refractivity contribution < 1.29 is 23.9 Å². The molecule has 2 amide bonds. The highest BCUT2D eigenvalue weighted by Crippen LogP contribution is 2.17. The summed E-state index contributed by atoms with van der Waals surface area (Å²) in [6, 6.07) is 13.5. The highest BCUT2D eigenvalue weighted by atomic mass is 16.5. The fourth-order valence-electron chi connectivity index (χ4n) is 2.28. The molecule has 2 rings (SSSR count). The maximum absolute atomic E-state index is 12.1. The Balaban J connectivity index is 1.89. The summed E-state index contributed by atoms with van der Waals surface area (Å²) in [5, 5.41) is 2.17. The van der Waals surface area contributed by atoms with Crippen molar-refractivity contribution in [3.63, 3.8) is 0 Å². The average Bonchev–Trinajstić information content (AvgIpc) is 2.66. The number of methoxy groups -OCH3 is 1. The van der Waals surface area contributed by atoms with E-state index in [0.717, 1.165) is 5.56 Å². The van der Waals surface area contributed by atoms with Crippen molar-refractivity contribution in [2.24, 2.45) is 0 Å². The second-order valence-electron chi connectivity index (χ2n) is 5.93. The largest absolute Gasteiger partial charge is 0.496 e. The third kappa shape index (κ3) is 4.92. The summed E-state index contributed by atoms with van der Waals surface area (Å²) in [4.78, 5) is 35.9. The molecule has 0 aliphatic carbocycles. The van der Waals surface area contributed by atoms with Gasteiger partial charge in [0, 0.05) is 0 Å². The summed E-state index contributed by atoms with van der Waals surface area (Å²) >= 11 is 0. The number of para-hydroxylation sites is 1. The molecule has 6 heteroatoms. The van der Waals surface area contributed by atoms with E-state index < -0.39 is 24.4 Å². The van der Waals surface area contributed by atoms with E-state index in [-0.39, 0.29) is 5.56 Å². The molecule has 0 saturated carbocycles. The molecule has 0 aliphatic heterocycles. The Hall–Kier alpha value is -3.15. The van der Waals surface area contributed by atoms with Gasteiger partial charge in [-0.05, 0) is 35.7 Å². The summed E-state index contributed by atoms with van der Waals surface area (Å²) in [6.07, 6.45) is 0. The van der Waals surface area contributed by atoms with Crippen LogP contribution in [0.25, 0.3) is 0 Å². The lowest BCUT2D eigenvalue weighted by Gasteiger charge is -2.09. The fraction of sp³-hybridized carbons (Fsp3) is 0.250. The first-order chi connectivity index (χ1) is 12.4. The van der Waals surface area contributed by atoms with Crippen LogP contribution in [0.1, 0.15) is 46.0 Å². The van der Waals surface area contributed by atoms with E-state index in [0.29, 0.717) is 17.2 Å². The topological polar surface area (TPSA) is 81.7 Å². The first kappa shape index (κ1) is 19.2. The second-order valence-corrected chi connectivity index (χ2v) is 5.93. The highest BCUT2D eigenvalue weighted by Gasteiger charge is 2.16.